The van der Waals surface area contributed by atoms with Gasteiger partial charge in [0.25, 0.3) is 0 Å². The van der Waals surface area contributed by atoms with Crippen LogP contribution in [0.4, 0.5) is 0 Å². The van der Waals surface area contributed by atoms with Gasteiger partial charge in [-0.1, -0.05) is 30.3 Å². The van der Waals surface area contributed by atoms with Crippen LogP contribution in [0.25, 0.3) is 21.9 Å². The van der Waals surface area contributed by atoms with Gasteiger partial charge in [0.1, 0.15) is 24.3 Å². The average molecular weight is 398 g/mol. The molecule has 7 nitrogen and oxygen atoms in total. The molecule has 30 heavy (non-hydrogen) atoms. The number of rotatable bonds is 6. The summed E-state index contributed by atoms with van der Waals surface area (Å²) in [5.41, 5.74) is 2.56. The van der Waals surface area contributed by atoms with E-state index in [1.54, 1.807) is 13.3 Å². The Morgan fingerprint density at radius 2 is 1.83 bits per heavy atom. The topological polar surface area (TPSA) is 82.2 Å². The summed E-state index contributed by atoms with van der Waals surface area (Å²) in [5.74, 6) is 2.19. The Hall–Kier alpha value is -4.13. The Kier molecular flexibility index (Phi) is 4.61. The number of ether oxygens (including phenoxy) is 3. The second-order valence-corrected chi connectivity index (χ2v) is 6.66. The molecule has 0 saturated carbocycles. The third-order valence-corrected chi connectivity index (χ3v) is 4.71. The molecule has 7 heteroatoms. The van der Waals surface area contributed by atoms with E-state index < -0.39 is 0 Å². The van der Waals surface area contributed by atoms with Crippen LogP contribution < -0.4 is 14.2 Å². The maximum Gasteiger partial charge on any atom is 0.230 e. The molecule has 0 unspecified atom stereocenters. The lowest BCUT2D eigenvalue weighted by Crippen LogP contribution is -1.99. The number of H-pyrrole nitrogens is 1. The molecule has 0 saturated heterocycles. The zero-order valence-electron chi connectivity index (χ0n) is 16.2. The first kappa shape index (κ1) is 17.9. The van der Waals surface area contributed by atoms with Crippen molar-refractivity contribution in [1.29, 1.82) is 0 Å². The second kappa shape index (κ2) is 7.71. The number of hydrogen-bond acceptors (Lipinski definition) is 6. The van der Waals surface area contributed by atoms with Crippen LogP contribution in [0.15, 0.2) is 73.3 Å². The Morgan fingerprint density at radius 3 is 2.70 bits per heavy atom. The van der Waals surface area contributed by atoms with Crippen molar-refractivity contribution in [3.8, 4) is 23.1 Å². The highest BCUT2D eigenvalue weighted by molar-refractivity contribution is 5.87. The Morgan fingerprint density at radius 1 is 0.933 bits per heavy atom. The minimum Gasteiger partial charge on any atom is -0.493 e. The molecular weight excluding hydrogens is 380 g/mol. The van der Waals surface area contributed by atoms with Crippen LogP contribution in [0.5, 0.6) is 23.1 Å². The van der Waals surface area contributed by atoms with Crippen molar-refractivity contribution in [2.24, 2.45) is 0 Å². The Bertz CT molecular complexity index is 1320. The SMILES string of the molecule is COc1cc2ncnc(Oc3cnc4[nH]ccc4c3)c2cc1OCc1ccccc1. The fourth-order valence-corrected chi connectivity index (χ4v) is 3.22. The van der Waals surface area contributed by atoms with Gasteiger partial charge in [0.15, 0.2) is 11.5 Å². The third-order valence-electron chi connectivity index (χ3n) is 4.71. The van der Waals surface area contributed by atoms with E-state index in [2.05, 4.69) is 19.9 Å². The molecule has 0 amide bonds. The molecule has 0 atom stereocenters. The normalized spacial score (nSPS) is 11.0. The number of pyridine rings is 1. The molecule has 2 aromatic carbocycles. The number of benzene rings is 2. The zero-order chi connectivity index (χ0) is 20.3. The van der Waals surface area contributed by atoms with Gasteiger partial charge in [-0.3, -0.25) is 0 Å². The predicted octanol–water partition coefficient (Wildman–Crippen LogP) is 4.89. The van der Waals surface area contributed by atoms with Crippen molar-refractivity contribution in [3.63, 3.8) is 0 Å². The summed E-state index contributed by atoms with van der Waals surface area (Å²) in [4.78, 5) is 16.1. The summed E-state index contributed by atoms with van der Waals surface area (Å²) in [6, 6.07) is 17.4. The number of aromatic amines is 1. The van der Waals surface area contributed by atoms with Crippen LogP contribution in [0.2, 0.25) is 0 Å². The standard InChI is InChI=1S/C23H18N4O3/c1-28-20-11-19-18(10-21(20)29-13-15-5-3-2-4-6-15)23(27-14-26-19)30-17-9-16-7-8-24-22(16)25-12-17/h2-12,14H,13H2,1H3,(H,24,25). The lowest BCUT2D eigenvalue weighted by Gasteiger charge is -2.13. The van der Waals surface area contributed by atoms with Gasteiger partial charge in [-0.25, -0.2) is 15.0 Å². The van der Waals surface area contributed by atoms with Gasteiger partial charge in [0.2, 0.25) is 5.88 Å². The zero-order valence-corrected chi connectivity index (χ0v) is 16.2. The van der Waals surface area contributed by atoms with E-state index in [0.717, 1.165) is 22.0 Å². The van der Waals surface area contributed by atoms with E-state index in [1.807, 2.05) is 60.8 Å². The van der Waals surface area contributed by atoms with Gasteiger partial charge in [0, 0.05) is 17.6 Å². The number of nitrogens with one attached hydrogen (secondary N) is 1. The molecule has 3 heterocycles. The highest BCUT2D eigenvalue weighted by atomic mass is 16.5. The van der Waals surface area contributed by atoms with Crippen LogP contribution in [-0.2, 0) is 6.61 Å². The second-order valence-electron chi connectivity index (χ2n) is 6.66. The summed E-state index contributed by atoms with van der Waals surface area (Å²) in [6.45, 7) is 0.417. The smallest absolute Gasteiger partial charge is 0.230 e. The first-order valence-corrected chi connectivity index (χ1v) is 9.40. The minimum absolute atomic E-state index is 0.417. The molecule has 148 valence electrons. The minimum atomic E-state index is 0.417. The van der Waals surface area contributed by atoms with Gasteiger partial charge in [0.05, 0.1) is 24.2 Å². The van der Waals surface area contributed by atoms with E-state index in [-0.39, 0.29) is 0 Å². The van der Waals surface area contributed by atoms with E-state index in [0.29, 0.717) is 35.3 Å². The molecule has 0 aliphatic carbocycles. The quantitative estimate of drug-likeness (QED) is 0.439. The van der Waals surface area contributed by atoms with Crippen LogP contribution in [0.1, 0.15) is 5.56 Å². The monoisotopic (exact) mass is 398 g/mol. The number of methoxy groups -OCH3 is 1. The van der Waals surface area contributed by atoms with Gasteiger partial charge in [-0.05, 0) is 23.8 Å². The average Bonchev–Trinajstić information content (AvgIpc) is 3.26. The first-order chi connectivity index (χ1) is 14.8. The van der Waals surface area contributed by atoms with E-state index in [9.17, 15) is 0 Å². The van der Waals surface area contributed by atoms with Gasteiger partial charge >= 0.3 is 0 Å². The summed E-state index contributed by atoms with van der Waals surface area (Å²) < 4.78 is 17.6. The lowest BCUT2D eigenvalue weighted by molar-refractivity contribution is 0.285. The number of fused-ring (bicyclic) bond motifs is 2. The summed E-state index contributed by atoms with van der Waals surface area (Å²) >= 11 is 0. The van der Waals surface area contributed by atoms with Gasteiger partial charge in [-0.15, -0.1) is 0 Å². The molecule has 5 rings (SSSR count). The van der Waals surface area contributed by atoms with Crippen molar-refractivity contribution in [2.45, 2.75) is 6.61 Å². The van der Waals surface area contributed by atoms with Crippen molar-refractivity contribution in [2.75, 3.05) is 7.11 Å². The molecule has 0 bridgehead atoms. The van der Waals surface area contributed by atoms with Crippen LogP contribution in [0.3, 0.4) is 0 Å². The van der Waals surface area contributed by atoms with Crippen LogP contribution >= 0.6 is 0 Å². The van der Waals surface area contributed by atoms with Gasteiger partial charge in [-0.2, -0.15) is 0 Å². The number of hydrogen-bond donors (Lipinski definition) is 1. The molecule has 0 spiro atoms. The Balaban J connectivity index is 1.50. The number of nitrogens with zero attached hydrogens (tertiary/aromatic N) is 3. The molecule has 0 aliphatic rings. The van der Waals surface area contributed by atoms with Crippen LogP contribution in [0, 0.1) is 0 Å². The molecule has 0 fully saturated rings. The van der Waals surface area contributed by atoms with Gasteiger partial charge < -0.3 is 19.2 Å². The molecule has 0 aliphatic heterocycles. The highest BCUT2D eigenvalue weighted by Gasteiger charge is 2.14. The predicted molar refractivity (Wildman–Crippen MR) is 113 cm³/mol. The largest absolute Gasteiger partial charge is 0.493 e. The van der Waals surface area contributed by atoms with E-state index >= 15 is 0 Å². The highest BCUT2D eigenvalue weighted by Crippen LogP contribution is 2.36. The lowest BCUT2D eigenvalue weighted by atomic mass is 10.2. The summed E-state index contributed by atoms with van der Waals surface area (Å²) in [5, 5.41) is 1.68. The fraction of sp³-hybridized carbons (Fsp3) is 0.0870. The maximum atomic E-state index is 6.04. The fourth-order valence-electron chi connectivity index (χ4n) is 3.22. The van der Waals surface area contributed by atoms with E-state index in [1.165, 1.54) is 6.33 Å². The van der Waals surface area contributed by atoms with E-state index in [4.69, 9.17) is 14.2 Å². The maximum absolute atomic E-state index is 6.04. The van der Waals surface area contributed by atoms with Crippen LogP contribution in [-0.4, -0.2) is 27.0 Å². The van der Waals surface area contributed by atoms with Crippen molar-refractivity contribution < 1.29 is 14.2 Å². The van der Waals surface area contributed by atoms with Crippen molar-refractivity contribution in [1.82, 2.24) is 19.9 Å². The molecule has 1 N–H and O–H groups in total. The molecule has 5 aromatic rings. The summed E-state index contributed by atoms with van der Waals surface area (Å²) in [6.07, 6.45) is 4.96. The first-order valence-electron chi connectivity index (χ1n) is 9.40. The molecule has 0 radical (unpaired) electrons. The Labute approximate surface area is 172 Å². The molecular formula is C23H18N4O3. The van der Waals surface area contributed by atoms with Crippen molar-refractivity contribution >= 4 is 21.9 Å². The third kappa shape index (κ3) is 3.48. The summed E-state index contributed by atoms with van der Waals surface area (Å²) in [7, 11) is 1.60. The van der Waals surface area contributed by atoms with Crippen molar-refractivity contribution in [3.05, 3.63) is 78.9 Å². The molecule has 3 aromatic heterocycles. The number of aromatic nitrogens is 4.